The molecule has 0 N–H and O–H groups in total. The number of nitrogens with zero attached hydrogens (tertiary/aromatic N) is 7. The molecule has 5 aromatic heterocycles. The second-order valence-electron chi connectivity index (χ2n) is 15.7. The van der Waals surface area contributed by atoms with Crippen molar-refractivity contribution in [1.29, 1.82) is 0 Å². The third-order valence-electron chi connectivity index (χ3n) is 11.4. The molecule has 0 saturated carbocycles. The van der Waals surface area contributed by atoms with E-state index in [2.05, 4.69) is 201 Å². The molecule has 0 saturated heterocycles. The van der Waals surface area contributed by atoms with E-state index in [0.717, 1.165) is 78.3 Å². The quantitative estimate of drug-likeness (QED) is 0.183. The van der Waals surface area contributed by atoms with Crippen molar-refractivity contribution in [2.75, 3.05) is 0 Å². The number of hydrogen-bond acceptors (Lipinski definition) is 2. The van der Waals surface area contributed by atoms with E-state index in [1.165, 1.54) is 21.9 Å². The summed E-state index contributed by atoms with van der Waals surface area (Å²) in [5.74, 6) is 1.80. The van der Waals surface area contributed by atoms with E-state index in [0.29, 0.717) is 0 Å². The van der Waals surface area contributed by atoms with Crippen LogP contribution in [0.1, 0.15) is 26.3 Å². The van der Waals surface area contributed by atoms with Crippen molar-refractivity contribution in [3.05, 3.63) is 163 Å². The van der Waals surface area contributed by atoms with Crippen molar-refractivity contribution in [2.45, 2.75) is 26.2 Å². The van der Waals surface area contributed by atoms with Crippen molar-refractivity contribution >= 4 is 77.5 Å². The van der Waals surface area contributed by atoms with E-state index in [1.807, 2.05) is 0 Å². The number of para-hydroxylation sites is 8. The first-order chi connectivity index (χ1) is 26.9. The molecule has 262 valence electrons. The Labute approximate surface area is 315 Å². The average Bonchev–Trinajstić information content (AvgIpc) is 3.99. The first kappa shape index (κ1) is 30.4. The van der Waals surface area contributed by atoms with Gasteiger partial charge < -0.3 is 4.57 Å². The Kier molecular flexibility index (Phi) is 5.92. The number of aromatic nitrogens is 7. The van der Waals surface area contributed by atoms with Crippen LogP contribution >= 0.6 is 0 Å². The van der Waals surface area contributed by atoms with Crippen LogP contribution in [0.4, 0.5) is 0 Å². The number of benzene rings is 7. The maximum absolute atomic E-state index is 5.18. The highest BCUT2D eigenvalue weighted by Gasteiger charge is 2.22. The Morgan fingerprint density at radius 1 is 0.364 bits per heavy atom. The van der Waals surface area contributed by atoms with Gasteiger partial charge in [-0.3, -0.25) is 17.9 Å². The van der Waals surface area contributed by atoms with Gasteiger partial charge in [-0.25, -0.2) is 9.97 Å². The molecule has 0 aliphatic carbocycles. The van der Waals surface area contributed by atoms with Crippen molar-refractivity contribution < 1.29 is 0 Å². The van der Waals surface area contributed by atoms with E-state index in [-0.39, 0.29) is 5.41 Å². The maximum atomic E-state index is 5.18. The first-order valence-electron chi connectivity index (χ1n) is 18.9. The summed E-state index contributed by atoms with van der Waals surface area (Å²) in [6, 6.07) is 56.7. The lowest BCUT2D eigenvalue weighted by Crippen LogP contribution is -2.10. The van der Waals surface area contributed by atoms with Crippen molar-refractivity contribution in [3.8, 4) is 17.1 Å². The van der Waals surface area contributed by atoms with Gasteiger partial charge in [0.05, 0.1) is 66.5 Å². The zero-order chi connectivity index (χ0) is 36.6. The molecule has 7 nitrogen and oxygen atoms in total. The van der Waals surface area contributed by atoms with Crippen LogP contribution in [0.15, 0.2) is 158 Å². The van der Waals surface area contributed by atoms with Crippen LogP contribution in [0, 0.1) is 0 Å². The van der Waals surface area contributed by atoms with Crippen LogP contribution in [-0.4, -0.2) is 32.5 Å². The molecule has 0 amide bonds. The minimum absolute atomic E-state index is 0.00934. The fourth-order valence-corrected chi connectivity index (χ4v) is 8.88. The average molecular weight is 710 g/mol. The van der Waals surface area contributed by atoms with Crippen LogP contribution in [0.2, 0.25) is 0 Å². The molecule has 0 fully saturated rings. The molecule has 0 bridgehead atoms. The molecule has 0 aliphatic heterocycles. The minimum Gasteiger partial charge on any atom is -0.309 e. The van der Waals surface area contributed by atoms with Gasteiger partial charge in [-0.05, 0) is 102 Å². The first-order valence-corrected chi connectivity index (χ1v) is 18.9. The van der Waals surface area contributed by atoms with Gasteiger partial charge in [0.15, 0.2) is 0 Å². The summed E-state index contributed by atoms with van der Waals surface area (Å²) in [7, 11) is 0. The molecule has 0 radical (unpaired) electrons. The Hall–Kier alpha value is -7.12. The summed E-state index contributed by atoms with van der Waals surface area (Å²) in [6.45, 7) is 6.85. The third kappa shape index (κ3) is 4.15. The largest absolute Gasteiger partial charge is 0.309 e. The summed E-state index contributed by atoms with van der Waals surface area (Å²) in [5, 5.41) is 2.45. The monoisotopic (exact) mass is 709 g/mol. The van der Waals surface area contributed by atoms with Crippen molar-refractivity contribution in [3.63, 3.8) is 0 Å². The highest BCUT2D eigenvalue weighted by Crippen LogP contribution is 2.39. The molecule has 0 unspecified atom stereocenters. The van der Waals surface area contributed by atoms with Gasteiger partial charge in [0.2, 0.25) is 11.6 Å². The lowest BCUT2D eigenvalue weighted by Gasteiger charge is -2.19. The minimum atomic E-state index is 0.00934. The van der Waals surface area contributed by atoms with Crippen LogP contribution in [-0.2, 0) is 5.41 Å². The van der Waals surface area contributed by atoms with Crippen LogP contribution in [0.25, 0.3) is 94.6 Å². The molecule has 5 heterocycles. The zero-order valence-corrected chi connectivity index (χ0v) is 30.6. The van der Waals surface area contributed by atoms with Gasteiger partial charge in [-0.15, -0.1) is 0 Å². The Morgan fingerprint density at radius 2 is 0.873 bits per heavy atom. The fraction of sp³-hybridized carbons (Fsp3) is 0.0833. The summed E-state index contributed by atoms with van der Waals surface area (Å²) in [5.41, 5.74) is 15.5. The highest BCUT2D eigenvalue weighted by atomic mass is 15.2. The van der Waals surface area contributed by atoms with Gasteiger partial charge in [0.1, 0.15) is 0 Å². The number of imidazole rings is 4. The van der Waals surface area contributed by atoms with Crippen molar-refractivity contribution in [2.24, 2.45) is 0 Å². The molecule has 12 rings (SSSR count). The van der Waals surface area contributed by atoms with Crippen molar-refractivity contribution in [1.82, 2.24) is 32.5 Å². The maximum Gasteiger partial charge on any atom is 0.220 e. The second-order valence-corrected chi connectivity index (χ2v) is 15.7. The molecular formula is C48H35N7. The van der Waals surface area contributed by atoms with Crippen LogP contribution in [0.5, 0.6) is 0 Å². The van der Waals surface area contributed by atoms with Crippen LogP contribution in [0.3, 0.4) is 0 Å². The summed E-state index contributed by atoms with van der Waals surface area (Å²) < 4.78 is 11.6. The summed E-state index contributed by atoms with van der Waals surface area (Å²) in [4.78, 5) is 10.4. The topological polar surface area (TPSA) is 49.4 Å². The second kappa shape index (κ2) is 10.7. The van der Waals surface area contributed by atoms with Gasteiger partial charge in [-0.1, -0.05) is 87.5 Å². The van der Waals surface area contributed by atoms with Crippen LogP contribution < -0.4 is 0 Å². The number of hydrogen-bond donors (Lipinski definition) is 0. The van der Waals surface area contributed by atoms with Gasteiger partial charge in [0, 0.05) is 16.5 Å². The number of rotatable bonds is 3. The number of fused-ring (bicyclic) bond motifs is 13. The molecule has 0 spiro atoms. The lowest BCUT2D eigenvalue weighted by atomic mass is 9.86. The van der Waals surface area contributed by atoms with Gasteiger partial charge in [-0.2, -0.15) is 0 Å². The van der Waals surface area contributed by atoms with E-state index >= 15 is 0 Å². The van der Waals surface area contributed by atoms with Gasteiger partial charge >= 0.3 is 0 Å². The fourth-order valence-electron chi connectivity index (χ4n) is 8.88. The third-order valence-corrected chi connectivity index (χ3v) is 11.4. The van der Waals surface area contributed by atoms with Gasteiger partial charge in [0.25, 0.3) is 0 Å². The summed E-state index contributed by atoms with van der Waals surface area (Å²) >= 11 is 0. The SMILES string of the molecule is CC(C)(C)c1ccc2c(c1)c1ccc(-n3c4ccccc4n4c5ccccc5nc34)cc1n2-c1cccc(-n2c3ccccc3n3c4ccccc4nc23)c1. The lowest BCUT2D eigenvalue weighted by molar-refractivity contribution is 0.591. The van der Waals surface area contributed by atoms with E-state index in [1.54, 1.807) is 0 Å². The van der Waals surface area contributed by atoms with E-state index < -0.39 is 0 Å². The molecule has 55 heavy (non-hydrogen) atoms. The smallest absolute Gasteiger partial charge is 0.220 e. The molecular weight excluding hydrogens is 675 g/mol. The normalized spacial score (nSPS) is 12.6. The highest BCUT2D eigenvalue weighted by molar-refractivity contribution is 6.10. The Balaban J connectivity index is 1.15. The predicted octanol–water partition coefficient (Wildman–Crippen LogP) is 11.6. The summed E-state index contributed by atoms with van der Waals surface area (Å²) in [6.07, 6.45) is 0. The van der Waals surface area contributed by atoms with E-state index in [9.17, 15) is 0 Å². The molecule has 7 aromatic carbocycles. The Morgan fingerprint density at radius 3 is 1.45 bits per heavy atom. The molecule has 7 heteroatoms. The standard InChI is InChI=1S/C48H35N7/c1-48(2,3)30-23-26-38-35(27-30)34-25-24-33(53-42-20-9-11-22-44(42)55-40-18-7-5-16-37(40)50-47(53)55)29-45(34)51(38)31-13-12-14-32(28-31)52-41-19-8-10-21-43(41)54-39-17-6-4-15-36(39)49-46(52)54/h4-29H,1-3H3. The zero-order valence-electron chi connectivity index (χ0n) is 30.6. The molecule has 12 aromatic rings. The predicted molar refractivity (Wildman–Crippen MR) is 226 cm³/mol. The molecule has 0 aliphatic rings. The Bertz CT molecular complexity index is 3540. The molecule has 0 atom stereocenters. The van der Waals surface area contributed by atoms with E-state index in [4.69, 9.17) is 9.97 Å².